The molecular weight excluding hydrogens is 274 g/mol. The normalized spacial score (nSPS) is 11.8. The van der Waals surface area contributed by atoms with Gasteiger partial charge in [-0.3, -0.25) is 14.3 Å². The van der Waals surface area contributed by atoms with Crippen molar-refractivity contribution in [1.29, 1.82) is 0 Å². The molecule has 2 heterocycles. The number of pyridine rings is 2. The molecule has 0 aromatic carbocycles. The maximum Gasteiger partial charge on any atom is 0.257 e. The molecule has 0 saturated carbocycles. The molecule has 4 nitrogen and oxygen atoms in total. The lowest BCUT2D eigenvalue weighted by Gasteiger charge is -2.14. The summed E-state index contributed by atoms with van der Waals surface area (Å²) in [5.74, 6) is 0.454. The molecule has 0 aliphatic carbocycles. The first-order valence-corrected chi connectivity index (χ1v) is 7.48. The quantitative estimate of drug-likeness (QED) is 0.937. The maximum atomic E-state index is 12.4. The van der Waals surface area contributed by atoms with Crippen molar-refractivity contribution in [3.8, 4) is 5.69 Å². The van der Waals surface area contributed by atoms with Gasteiger partial charge in [-0.1, -0.05) is 25.5 Å². The number of nitrogens with one attached hydrogen (secondary N) is 1. The molecule has 2 aromatic rings. The molecule has 0 bridgehead atoms. The number of rotatable bonds is 4. The number of nitrogens with zero attached hydrogens (tertiary/aromatic N) is 2. The number of aryl methyl sites for hydroxylation is 1. The zero-order chi connectivity index (χ0) is 16.3. The minimum Gasteiger partial charge on any atom is -0.388 e. The molecule has 116 valence electrons. The Balaban J connectivity index is 2.64. The van der Waals surface area contributed by atoms with Gasteiger partial charge in [-0.15, -0.1) is 0 Å². The van der Waals surface area contributed by atoms with Crippen molar-refractivity contribution in [3.05, 3.63) is 57.8 Å². The predicted molar refractivity (Wildman–Crippen MR) is 92.6 cm³/mol. The van der Waals surface area contributed by atoms with Crippen molar-refractivity contribution in [2.45, 2.75) is 27.7 Å². The van der Waals surface area contributed by atoms with E-state index >= 15 is 0 Å². The Bertz CT molecular complexity index is 757. The Labute approximate surface area is 131 Å². The van der Waals surface area contributed by atoms with Crippen LogP contribution in [0.3, 0.4) is 0 Å². The highest BCUT2D eigenvalue weighted by atomic mass is 16.1. The summed E-state index contributed by atoms with van der Waals surface area (Å²) >= 11 is 0. The second-order valence-corrected chi connectivity index (χ2v) is 5.75. The average molecular weight is 297 g/mol. The van der Waals surface area contributed by atoms with Crippen LogP contribution in [0.1, 0.15) is 32.0 Å². The summed E-state index contributed by atoms with van der Waals surface area (Å²) in [6.07, 6.45) is 5.66. The molecule has 22 heavy (non-hydrogen) atoms. The van der Waals surface area contributed by atoms with Crippen LogP contribution < -0.4 is 10.9 Å². The van der Waals surface area contributed by atoms with Crippen LogP contribution in [-0.4, -0.2) is 16.6 Å². The summed E-state index contributed by atoms with van der Waals surface area (Å²) in [5.41, 5.74) is 4.78. The number of anilines is 1. The van der Waals surface area contributed by atoms with Gasteiger partial charge in [0.25, 0.3) is 5.56 Å². The van der Waals surface area contributed by atoms with E-state index < -0.39 is 0 Å². The second-order valence-electron chi connectivity index (χ2n) is 5.75. The summed E-state index contributed by atoms with van der Waals surface area (Å²) < 4.78 is 1.66. The summed E-state index contributed by atoms with van der Waals surface area (Å²) in [7, 11) is 1.80. The van der Waals surface area contributed by atoms with Crippen LogP contribution >= 0.6 is 0 Å². The van der Waals surface area contributed by atoms with Gasteiger partial charge in [0.2, 0.25) is 0 Å². The van der Waals surface area contributed by atoms with Gasteiger partial charge in [-0.2, -0.15) is 0 Å². The largest absolute Gasteiger partial charge is 0.388 e. The number of allylic oxidation sites excluding steroid dienone is 1. The molecule has 0 fully saturated rings. The van der Waals surface area contributed by atoms with Crippen molar-refractivity contribution in [1.82, 2.24) is 9.55 Å². The first kappa shape index (κ1) is 16.0. The minimum absolute atomic E-state index is 0.0608. The Morgan fingerprint density at radius 1 is 1.36 bits per heavy atom. The number of aromatic nitrogens is 2. The molecule has 4 heteroatoms. The van der Waals surface area contributed by atoms with Gasteiger partial charge in [0.15, 0.2) is 0 Å². The van der Waals surface area contributed by atoms with Crippen molar-refractivity contribution < 1.29 is 0 Å². The highest BCUT2D eigenvalue weighted by molar-refractivity contribution is 5.64. The highest BCUT2D eigenvalue weighted by Gasteiger charge is 2.09. The van der Waals surface area contributed by atoms with Gasteiger partial charge >= 0.3 is 0 Å². The van der Waals surface area contributed by atoms with Crippen LogP contribution in [0.25, 0.3) is 11.8 Å². The van der Waals surface area contributed by atoms with Gasteiger partial charge in [-0.25, -0.2) is 0 Å². The molecule has 2 aromatic heterocycles. The van der Waals surface area contributed by atoms with Crippen molar-refractivity contribution in [2.24, 2.45) is 5.92 Å². The van der Waals surface area contributed by atoms with Gasteiger partial charge in [0.1, 0.15) is 0 Å². The van der Waals surface area contributed by atoms with E-state index in [1.807, 2.05) is 19.1 Å². The van der Waals surface area contributed by atoms with Crippen LogP contribution in [0.5, 0.6) is 0 Å². The first-order valence-electron chi connectivity index (χ1n) is 7.48. The predicted octanol–water partition coefficient (Wildman–Crippen LogP) is 3.64. The zero-order valence-electron chi connectivity index (χ0n) is 13.8. The summed E-state index contributed by atoms with van der Waals surface area (Å²) in [6.45, 7) is 8.39. The van der Waals surface area contributed by atoms with E-state index in [4.69, 9.17) is 0 Å². The van der Waals surface area contributed by atoms with E-state index in [0.29, 0.717) is 5.92 Å². The van der Waals surface area contributed by atoms with Gasteiger partial charge in [-0.05, 0) is 31.9 Å². The SMILES string of the molecule is CNc1ccn(-c2ccnc(C)c2/C=C(\C)C(C)C)c(=O)c1. The Hall–Kier alpha value is -2.36. The smallest absolute Gasteiger partial charge is 0.257 e. The lowest BCUT2D eigenvalue weighted by Crippen LogP contribution is -2.18. The Morgan fingerprint density at radius 2 is 2.09 bits per heavy atom. The first-order chi connectivity index (χ1) is 10.4. The van der Waals surface area contributed by atoms with Gasteiger partial charge < -0.3 is 5.32 Å². The van der Waals surface area contributed by atoms with Crippen LogP contribution in [0.4, 0.5) is 5.69 Å². The van der Waals surface area contributed by atoms with Crippen LogP contribution in [0.15, 0.2) is 41.0 Å². The van der Waals surface area contributed by atoms with Crippen molar-refractivity contribution in [2.75, 3.05) is 12.4 Å². The lowest BCUT2D eigenvalue weighted by atomic mass is 10.0. The molecule has 0 aliphatic heterocycles. The molecule has 0 amide bonds. The van der Waals surface area contributed by atoms with Gasteiger partial charge in [0, 0.05) is 42.5 Å². The summed E-state index contributed by atoms with van der Waals surface area (Å²) in [6, 6.07) is 5.37. The van der Waals surface area contributed by atoms with Crippen molar-refractivity contribution in [3.63, 3.8) is 0 Å². The molecule has 0 aliphatic rings. The lowest BCUT2D eigenvalue weighted by molar-refractivity contribution is 0.775. The monoisotopic (exact) mass is 297 g/mol. The van der Waals surface area contributed by atoms with E-state index in [-0.39, 0.29) is 5.56 Å². The molecule has 0 unspecified atom stereocenters. The van der Waals surface area contributed by atoms with E-state index in [0.717, 1.165) is 22.6 Å². The van der Waals surface area contributed by atoms with Crippen LogP contribution in [-0.2, 0) is 0 Å². The molecule has 0 saturated heterocycles. The summed E-state index contributed by atoms with van der Waals surface area (Å²) in [5, 5.41) is 2.98. The molecule has 0 radical (unpaired) electrons. The third kappa shape index (κ3) is 3.27. The third-order valence-electron chi connectivity index (χ3n) is 3.92. The van der Waals surface area contributed by atoms with Crippen LogP contribution in [0, 0.1) is 12.8 Å². The van der Waals surface area contributed by atoms with Crippen molar-refractivity contribution >= 4 is 11.8 Å². The average Bonchev–Trinajstić information content (AvgIpc) is 2.49. The molecule has 1 N–H and O–H groups in total. The van der Waals surface area contributed by atoms with E-state index in [9.17, 15) is 4.79 Å². The standard InChI is InChI=1S/C18H23N3O/c1-12(2)13(3)10-16-14(4)20-8-6-17(16)21-9-7-15(19-5)11-18(21)22/h6-12,19H,1-5H3/b13-10+. The fraction of sp³-hybridized carbons (Fsp3) is 0.333. The second kappa shape index (κ2) is 6.60. The van der Waals surface area contributed by atoms with Crippen LogP contribution in [0.2, 0.25) is 0 Å². The van der Waals surface area contributed by atoms with E-state index in [2.05, 4.69) is 37.1 Å². The Kier molecular flexibility index (Phi) is 4.81. The van der Waals surface area contributed by atoms with Gasteiger partial charge in [0.05, 0.1) is 5.69 Å². The molecule has 0 spiro atoms. The molecule has 0 atom stereocenters. The number of hydrogen-bond acceptors (Lipinski definition) is 3. The minimum atomic E-state index is -0.0608. The third-order valence-corrected chi connectivity index (χ3v) is 3.92. The summed E-state index contributed by atoms with van der Waals surface area (Å²) in [4.78, 5) is 16.7. The van der Waals surface area contributed by atoms with E-state index in [1.54, 1.807) is 30.1 Å². The fourth-order valence-electron chi connectivity index (χ4n) is 2.18. The number of hydrogen-bond donors (Lipinski definition) is 1. The zero-order valence-corrected chi connectivity index (χ0v) is 13.8. The maximum absolute atomic E-state index is 12.4. The Morgan fingerprint density at radius 3 is 2.68 bits per heavy atom. The highest BCUT2D eigenvalue weighted by Crippen LogP contribution is 2.22. The topological polar surface area (TPSA) is 46.9 Å². The molecule has 2 rings (SSSR count). The molecular formula is C18H23N3O. The fourth-order valence-corrected chi connectivity index (χ4v) is 2.18. The van der Waals surface area contributed by atoms with E-state index in [1.165, 1.54) is 5.57 Å².